The van der Waals surface area contributed by atoms with Crippen LogP contribution in [0.5, 0.6) is 0 Å². The zero-order valence-corrected chi connectivity index (χ0v) is 14.6. The molecule has 2 aromatic carbocycles. The summed E-state index contributed by atoms with van der Waals surface area (Å²) in [5.41, 5.74) is 6.00. The molecule has 0 unspecified atom stereocenters. The van der Waals surface area contributed by atoms with E-state index < -0.39 is 5.97 Å². The lowest BCUT2D eigenvalue weighted by Crippen LogP contribution is -2.07. The maximum absolute atomic E-state index is 12.7. The Balaban J connectivity index is 1.51. The van der Waals surface area contributed by atoms with Crippen molar-refractivity contribution in [2.24, 2.45) is 0 Å². The Hall–Kier alpha value is -3.27. The van der Waals surface area contributed by atoms with Gasteiger partial charge in [0.2, 0.25) is 0 Å². The molecule has 4 nitrogen and oxygen atoms in total. The van der Waals surface area contributed by atoms with Gasteiger partial charge in [0, 0.05) is 23.7 Å². The van der Waals surface area contributed by atoms with Crippen LogP contribution in [0, 0.1) is 0 Å². The molecule has 0 amide bonds. The van der Waals surface area contributed by atoms with Crippen LogP contribution in [0.25, 0.3) is 11.1 Å². The number of carboxylic acids is 1. The summed E-state index contributed by atoms with van der Waals surface area (Å²) >= 11 is 0. The molecule has 0 radical (unpaired) electrons. The summed E-state index contributed by atoms with van der Waals surface area (Å²) < 4.78 is 0. The third-order valence-electron chi connectivity index (χ3n) is 5.43. The topological polar surface area (TPSA) is 67.3 Å². The Morgan fingerprint density at radius 2 is 1.74 bits per heavy atom. The average molecular weight is 355 g/mol. The molecule has 0 aliphatic heterocycles. The van der Waals surface area contributed by atoms with E-state index in [1.807, 2.05) is 42.5 Å². The van der Waals surface area contributed by atoms with Gasteiger partial charge in [0.25, 0.3) is 0 Å². The Bertz CT molecular complexity index is 1110. The molecule has 0 atom stereocenters. The van der Waals surface area contributed by atoms with Crippen molar-refractivity contribution >= 4 is 11.8 Å². The zero-order chi connectivity index (χ0) is 18.5. The first-order chi connectivity index (χ1) is 13.1. The van der Waals surface area contributed by atoms with E-state index in [4.69, 9.17) is 0 Å². The lowest BCUT2D eigenvalue weighted by molar-refractivity contribution is 0.0695. The summed E-state index contributed by atoms with van der Waals surface area (Å²) in [6.07, 6.45) is 4.40. The number of rotatable bonds is 4. The summed E-state index contributed by atoms with van der Waals surface area (Å²) in [4.78, 5) is 28.8. The van der Waals surface area contributed by atoms with E-state index in [-0.39, 0.29) is 11.3 Å². The number of carbonyl (C=O) groups excluding carboxylic acids is 1. The number of carbonyl (C=O) groups is 2. The van der Waals surface area contributed by atoms with Crippen LogP contribution in [0.15, 0.2) is 54.7 Å². The maximum Gasteiger partial charge on any atom is 0.337 e. The van der Waals surface area contributed by atoms with Crippen molar-refractivity contribution in [3.63, 3.8) is 0 Å². The molecule has 3 aromatic rings. The van der Waals surface area contributed by atoms with Gasteiger partial charge in [-0.1, -0.05) is 36.4 Å². The second kappa shape index (κ2) is 5.88. The van der Waals surface area contributed by atoms with Gasteiger partial charge in [-0.15, -0.1) is 0 Å². The average Bonchev–Trinajstić information content (AvgIpc) is 3.49. The molecule has 0 bridgehead atoms. The first-order valence-electron chi connectivity index (χ1n) is 9.11. The number of hydrogen-bond acceptors (Lipinski definition) is 3. The summed E-state index contributed by atoms with van der Waals surface area (Å²) in [5.74, 6) is -0.469. The molecule has 2 aliphatic carbocycles. The van der Waals surface area contributed by atoms with Crippen molar-refractivity contribution in [1.29, 1.82) is 0 Å². The number of aromatic nitrogens is 1. The zero-order valence-electron chi connectivity index (χ0n) is 14.6. The van der Waals surface area contributed by atoms with Gasteiger partial charge in [-0.3, -0.25) is 9.78 Å². The second-order valence-electron chi connectivity index (χ2n) is 7.27. The maximum atomic E-state index is 12.7. The first kappa shape index (κ1) is 15.9. The number of nitrogens with zero attached hydrogens (tertiary/aromatic N) is 1. The lowest BCUT2D eigenvalue weighted by Gasteiger charge is -2.09. The standard InChI is InChI=1S/C23H17NO3/c25-22-18-4-2-1-3-16(18)17-8-5-13(9-19(17)22)10-21-20(23(26)27)11-15(12-24-21)14-6-7-14/h1-5,8-9,11-12,14H,6-7,10H2,(H,26,27). The number of ketones is 1. The number of fused-ring (bicyclic) bond motifs is 3. The second-order valence-corrected chi connectivity index (χ2v) is 7.27. The normalized spacial score (nSPS) is 14.7. The highest BCUT2D eigenvalue weighted by Gasteiger charge is 2.27. The van der Waals surface area contributed by atoms with Crippen LogP contribution in [-0.2, 0) is 6.42 Å². The van der Waals surface area contributed by atoms with Crippen LogP contribution in [0.3, 0.4) is 0 Å². The molecule has 1 heterocycles. The van der Waals surface area contributed by atoms with E-state index in [9.17, 15) is 14.7 Å². The summed E-state index contributed by atoms with van der Waals surface area (Å²) in [6.45, 7) is 0. The van der Waals surface area contributed by atoms with Gasteiger partial charge in [-0.05, 0) is 53.1 Å². The van der Waals surface area contributed by atoms with Crippen LogP contribution in [-0.4, -0.2) is 21.8 Å². The number of aromatic carboxylic acids is 1. The largest absolute Gasteiger partial charge is 0.478 e. The van der Waals surface area contributed by atoms with Gasteiger partial charge in [0.15, 0.2) is 5.78 Å². The molecule has 4 heteroatoms. The summed E-state index contributed by atoms with van der Waals surface area (Å²) in [6, 6.07) is 15.1. The van der Waals surface area contributed by atoms with Gasteiger partial charge in [-0.25, -0.2) is 4.79 Å². The number of carboxylic acid groups (broad SMARTS) is 1. The van der Waals surface area contributed by atoms with Crippen molar-refractivity contribution in [2.75, 3.05) is 0 Å². The number of hydrogen-bond donors (Lipinski definition) is 1. The third kappa shape index (κ3) is 2.65. The van der Waals surface area contributed by atoms with E-state index in [0.29, 0.717) is 23.6 Å². The molecule has 0 spiro atoms. The first-order valence-corrected chi connectivity index (χ1v) is 9.11. The monoisotopic (exact) mass is 355 g/mol. The van der Waals surface area contributed by atoms with Crippen LogP contribution < -0.4 is 0 Å². The smallest absolute Gasteiger partial charge is 0.337 e. The minimum Gasteiger partial charge on any atom is -0.478 e. The molecule has 1 fully saturated rings. The molecule has 27 heavy (non-hydrogen) atoms. The van der Waals surface area contributed by atoms with Gasteiger partial charge in [-0.2, -0.15) is 0 Å². The summed E-state index contributed by atoms with van der Waals surface area (Å²) in [5, 5.41) is 9.59. The van der Waals surface area contributed by atoms with Gasteiger partial charge in [0.1, 0.15) is 0 Å². The fourth-order valence-corrected chi connectivity index (χ4v) is 3.85. The third-order valence-corrected chi connectivity index (χ3v) is 5.43. The van der Waals surface area contributed by atoms with E-state index in [1.54, 1.807) is 12.3 Å². The Morgan fingerprint density at radius 3 is 2.48 bits per heavy atom. The fourth-order valence-electron chi connectivity index (χ4n) is 3.85. The molecular formula is C23H17NO3. The Morgan fingerprint density at radius 1 is 1.00 bits per heavy atom. The minimum atomic E-state index is -0.954. The SMILES string of the molecule is O=C1c2ccccc2-c2ccc(Cc3ncc(C4CC4)cc3C(=O)O)cc21. The van der Waals surface area contributed by atoms with Gasteiger partial charge in [0.05, 0.1) is 11.3 Å². The highest BCUT2D eigenvalue weighted by Crippen LogP contribution is 2.40. The molecule has 2 aliphatic rings. The Labute approximate surface area is 156 Å². The molecule has 132 valence electrons. The number of benzene rings is 2. The number of pyridine rings is 1. The molecule has 1 saturated carbocycles. The molecular weight excluding hydrogens is 338 g/mol. The van der Waals surface area contributed by atoms with Crippen LogP contribution in [0.2, 0.25) is 0 Å². The van der Waals surface area contributed by atoms with Crippen molar-refractivity contribution in [3.8, 4) is 11.1 Å². The molecule has 1 aromatic heterocycles. The van der Waals surface area contributed by atoms with Crippen molar-refractivity contribution in [2.45, 2.75) is 25.2 Å². The van der Waals surface area contributed by atoms with Gasteiger partial charge >= 0.3 is 5.97 Å². The molecule has 1 N–H and O–H groups in total. The van der Waals surface area contributed by atoms with Crippen LogP contribution in [0.1, 0.15) is 61.9 Å². The highest BCUT2D eigenvalue weighted by molar-refractivity contribution is 6.21. The van der Waals surface area contributed by atoms with E-state index in [1.165, 1.54) is 0 Å². The predicted molar refractivity (Wildman–Crippen MR) is 101 cm³/mol. The van der Waals surface area contributed by atoms with Crippen LogP contribution in [0.4, 0.5) is 0 Å². The van der Waals surface area contributed by atoms with Crippen molar-refractivity contribution in [1.82, 2.24) is 4.98 Å². The van der Waals surface area contributed by atoms with Crippen molar-refractivity contribution < 1.29 is 14.7 Å². The fraction of sp³-hybridized carbons (Fsp3) is 0.174. The highest BCUT2D eigenvalue weighted by atomic mass is 16.4. The quantitative estimate of drug-likeness (QED) is 0.587. The van der Waals surface area contributed by atoms with Crippen molar-refractivity contribution in [3.05, 3.63) is 88.2 Å². The van der Waals surface area contributed by atoms with E-state index in [0.717, 1.165) is 40.7 Å². The predicted octanol–water partition coefficient (Wildman–Crippen LogP) is 4.46. The Kier molecular flexibility index (Phi) is 3.47. The van der Waals surface area contributed by atoms with E-state index in [2.05, 4.69) is 4.98 Å². The molecule has 5 rings (SSSR count). The van der Waals surface area contributed by atoms with Crippen LogP contribution >= 0.6 is 0 Å². The summed E-state index contributed by atoms with van der Waals surface area (Å²) in [7, 11) is 0. The van der Waals surface area contributed by atoms with Gasteiger partial charge < -0.3 is 5.11 Å². The minimum absolute atomic E-state index is 0.0259. The van der Waals surface area contributed by atoms with E-state index >= 15 is 0 Å². The molecule has 0 saturated heterocycles. The lowest BCUT2D eigenvalue weighted by atomic mass is 9.98.